The van der Waals surface area contributed by atoms with Gasteiger partial charge >= 0.3 is 0 Å². The van der Waals surface area contributed by atoms with Crippen molar-refractivity contribution in [3.63, 3.8) is 0 Å². The summed E-state index contributed by atoms with van der Waals surface area (Å²) in [6, 6.07) is 1.78. The number of hydrogen-bond acceptors (Lipinski definition) is 5. The lowest BCUT2D eigenvalue weighted by Crippen LogP contribution is -2.50. The Bertz CT molecular complexity index is 941. The number of aryl methyl sites for hydroxylation is 1. The standard InChI is InChI=1S/C21H26N4O3/c1-12-3-16(28-24-12)11-25(2)19(27)17-10-22-20(23-18(17)26)21-7-13-4-14(8-21)6-15(5-13)9-21/h3,10,13-15H,4-9,11H2,1-2H3,(H,22,23,26). The molecule has 4 fully saturated rings. The molecule has 0 unspecified atom stereocenters. The van der Waals surface area contributed by atoms with Crippen LogP contribution in [0.5, 0.6) is 0 Å². The highest BCUT2D eigenvalue weighted by atomic mass is 16.5. The van der Waals surface area contributed by atoms with Gasteiger partial charge in [-0.25, -0.2) is 4.98 Å². The fourth-order valence-electron chi connectivity index (χ4n) is 6.22. The number of hydrogen-bond donors (Lipinski definition) is 1. The van der Waals surface area contributed by atoms with Crippen LogP contribution < -0.4 is 5.56 Å². The third kappa shape index (κ3) is 2.88. The Kier molecular flexibility index (Phi) is 3.96. The zero-order valence-electron chi connectivity index (χ0n) is 16.4. The lowest BCUT2D eigenvalue weighted by molar-refractivity contribution is -0.00954. The number of nitrogens with one attached hydrogen (secondary N) is 1. The zero-order chi connectivity index (χ0) is 19.5. The number of nitrogens with zero attached hydrogens (tertiary/aromatic N) is 3. The van der Waals surface area contributed by atoms with Crippen molar-refractivity contribution < 1.29 is 9.32 Å². The molecule has 0 spiro atoms. The normalized spacial score (nSPS) is 30.6. The lowest BCUT2D eigenvalue weighted by atomic mass is 9.49. The van der Waals surface area contributed by atoms with Crippen LogP contribution >= 0.6 is 0 Å². The number of amides is 1. The lowest BCUT2D eigenvalue weighted by Gasteiger charge is -2.56. The Morgan fingerprint density at radius 2 is 1.89 bits per heavy atom. The van der Waals surface area contributed by atoms with Crippen molar-refractivity contribution in [2.75, 3.05) is 7.05 Å². The van der Waals surface area contributed by atoms with Gasteiger partial charge in [0.15, 0.2) is 5.76 Å². The summed E-state index contributed by atoms with van der Waals surface area (Å²) in [5.41, 5.74) is 0.507. The van der Waals surface area contributed by atoms with E-state index in [1.165, 1.54) is 30.4 Å². The molecule has 2 aromatic rings. The van der Waals surface area contributed by atoms with Crippen molar-refractivity contribution in [1.29, 1.82) is 0 Å². The summed E-state index contributed by atoms with van der Waals surface area (Å²) >= 11 is 0. The van der Waals surface area contributed by atoms with E-state index in [0.717, 1.165) is 48.5 Å². The molecule has 0 radical (unpaired) electrons. The highest BCUT2D eigenvalue weighted by molar-refractivity contribution is 5.93. The number of carbonyl (C=O) groups is 1. The molecule has 7 nitrogen and oxygen atoms in total. The maximum atomic E-state index is 12.8. The molecule has 6 rings (SSSR count). The van der Waals surface area contributed by atoms with E-state index >= 15 is 0 Å². The van der Waals surface area contributed by atoms with Crippen molar-refractivity contribution in [3.8, 4) is 0 Å². The molecule has 1 amide bonds. The molecule has 4 aliphatic carbocycles. The van der Waals surface area contributed by atoms with Gasteiger partial charge in [-0.15, -0.1) is 0 Å². The van der Waals surface area contributed by atoms with Crippen LogP contribution in [0.3, 0.4) is 0 Å². The van der Waals surface area contributed by atoms with E-state index < -0.39 is 0 Å². The largest absolute Gasteiger partial charge is 0.359 e. The summed E-state index contributed by atoms with van der Waals surface area (Å²) in [5, 5.41) is 3.83. The molecule has 2 heterocycles. The average molecular weight is 382 g/mol. The first-order chi connectivity index (χ1) is 13.4. The maximum Gasteiger partial charge on any atom is 0.263 e. The van der Waals surface area contributed by atoms with Gasteiger partial charge in [-0.05, 0) is 63.2 Å². The second-order valence-electron chi connectivity index (χ2n) is 9.27. The van der Waals surface area contributed by atoms with E-state index in [1.54, 1.807) is 13.1 Å². The van der Waals surface area contributed by atoms with Crippen molar-refractivity contribution in [2.24, 2.45) is 17.8 Å². The number of rotatable bonds is 4. The van der Waals surface area contributed by atoms with Gasteiger partial charge in [-0.2, -0.15) is 0 Å². The topological polar surface area (TPSA) is 92.1 Å². The number of aromatic nitrogens is 3. The molecule has 0 saturated heterocycles. The fraction of sp³-hybridized carbons (Fsp3) is 0.619. The molecular weight excluding hydrogens is 356 g/mol. The van der Waals surface area contributed by atoms with Crippen LogP contribution in [-0.2, 0) is 12.0 Å². The van der Waals surface area contributed by atoms with Gasteiger partial charge in [0.2, 0.25) is 0 Å². The minimum atomic E-state index is -0.361. The Labute approximate surface area is 163 Å². The first-order valence-corrected chi connectivity index (χ1v) is 10.2. The first-order valence-electron chi connectivity index (χ1n) is 10.2. The maximum absolute atomic E-state index is 12.8. The molecule has 0 aromatic carbocycles. The van der Waals surface area contributed by atoms with E-state index in [0.29, 0.717) is 5.76 Å². The zero-order valence-corrected chi connectivity index (χ0v) is 16.4. The van der Waals surface area contributed by atoms with E-state index in [1.807, 2.05) is 6.92 Å². The van der Waals surface area contributed by atoms with E-state index in [2.05, 4.69) is 15.1 Å². The quantitative estimate of drug-likeness (QED) is 0.878. The third-order valence-electron chi connectivity index (χ3n) is 6.99. The van der Waals surface area contributed by atoms with Gasteiger partial charge < -0.3 is 14.4 Å². The highest BCUT2D eigenvalue weighted by Gasteiger charge is 2.52. The van der Waals surface area contributed by atoms with Crippen LogP contribution in [0.1, 0.15) is 66.2 Å². The van der Waals surface area contributed by atoms with Crippen LogP contribution in [0.2, 0.25) is 0 Å². The predicted molar refractivity (Wildman–Crippen MR) is 102 cm³/mol. The smallest absolute Gasteiger partial charge is 0.263 e. The Morgan fingerprint density at radius 1 is 1.25 bits per heavy atom. The van der Waals surface area contributed by atoms with Gasteiger partial charge in [0, 0.05) is 24.7 Å². The van der Waals surface area contributed by atoms with Crippen molar-refractivity contribution in [2.45, 2.75) is 57.4 Å². The third-order valence-corrected chi connectivity index (χ3v) is 6.99. The molecule has 2 aromatic heterocycles. The summed E-state index contributed by atoms with van der Waals surface area (Å²) in [7, 11) is 1.65. The molecular formula is C21H26N4O3. The van der Waals surface area contributed by atoms with E-state index in [4.69, 9.17) is 4.52 Å². The Morgan fingerprint density at radius 3 is 2.43 bits per heavy atom. The fourth-order valence-corrected chi connectivity index (χ4v) is 6.22. The van der Waals surface area contributed by atoms with Gasteiger partial charge in [-0.1, -0.05) is 5.16 Å². The Balaban J connectivity index is 1.38. The number of H-pyrrole nitrogens is 1. The summed E-state index contributed by atoms with van der Waals surface area (Å²) in [4.78, 5) is 34.5. The summed E-state index contributed by atoms with van der Waals surface area (Å²) in [5.74, 6) is 3.34. The minimum absolute atomic E-state index is 0.0127. The molecule has 4 aliphatic rings. The Hall–Kier alpha value is -2.44. The van der Waals surface area contributed by atoms with E-state index in [-0.39, 0.29) is 29.0 Å². The monoisotopic (exact) mass is 382 g/mol. The molecule has 7 heteroatoms. The van der Waals surface area contributed by atoms with Crippen LogP contribution in [0.15, 0.2) is 21.6 Å². The van der Waals surface area contributed by atoms with Crippen LogP contribution in [0.25, 0.3) is 0 Å². The number of aromatic amines is 1. The minimum Gasteiger partial charge on any atom is -0.359 e. The van der Waals surface area contributed by atoms with Gasteiger partial charge in [0.1, 0.15) is 11.4 Å². The SMILES string of the molecule is Cc1cc(CN(C)C(=O)c2cnc(C34CC5CC(CC(C5)C3)C4)[nH]c2=O)on1. The van der Waals surface area contributed by atoms with Gasteiger partial charge in [0.05, 0.1) is 12.2 Å². The summed E-state index contributed by atoms with van der Waals surface area (Å²) in [6.07, 6.45) is 8.86. The molecule has 4 saturated carbocycles. The van der Waals surface area contributed by atoms with Crippen molar-refractivity contribution in [3.05, 3.63) is 45.5 Å². The first kappa shape index (κ1) is 17.6. The molecule has 4 bridgehead atoms. The van der Waals surface area contributed by atoms with Gasteiger partial charge in [-0.3, -0.25) is 9.59 Å². The highest BCUT2D eigenvalue weighted by Crippen LogP contribution is 2.59. The second-order valence-corrected chi connectivity index (χ2v) is 9.27. The second kappa shape index (κ2) is 6.29. The van der Waals surface area contributed by atoms with Gasteiger partial charge in [0.25, 0.3) is 11.5 Å². The average Bonchev–Trinajstić information content (AvgIpc) is 3.04. The molecule has 28 heavy (non-hydrogen) atoms. The molecule has 1 N–H and O–H groups in total. The van der Waals surface area contributed by atoms with Crippen molar-refractivity contribution in [1.82, 2.24) is 20.0 Å². The summed E-state index contributed by atoms with van der Waals surface area (Å²) < 4.78 is 5.16. The van der Waals surface area contributed by atoms with Crippen molar-refractivity contribution >= 4 is 5.91 Å². The van der Waals surface area contributed by atoms with Crippen LogP contribution in [0, 0.1) is 24.7 Å². The predicted octanol–water partition coefficient (Wildman–Crippen LogP) is 2.81. The van der Waals surface area contributed by atoms with Crippen LogP contribution in [0.4, 0.5) is 0 Å². The number of carbonyl (C=O) groups excluding carboxylic acids is 1. The molecule has 148 valence electrons. The molecule has 0 atom stereocenters. The molecule has 0 aliphatic heterocycles. The van der Waals surface area contributed by atoms with Crippen LogP contribution in [-0.4, -0.2) is 33.0 Å². The summed E-state index contributed by atoms with van der Waals surface area (Å²) in [6.45, 7) is 2.09. The van der Waals surface area contributed by atoms with E-state index in [9.17, 15) is 9.59 Å².